The fourth-order valence-corrected chi connectivity index (χ4v) is 4.55. The molecule has 0 saturated carbocycles. The Morgan fingerprint density at radius 1 is 1.44 bits per heavy atom. The molecule has 1 N–H and O–H groups in total. The maximum atomic E-state index is 12.6. The highest BCUT2D eigenvalue weighted by Gasteiger charge is 2.31. The lowest BCUT2D eigenvalue weighted by Gasteiger charge is -2.33. The van der Waals surface area contributed by atoms with Gasteiger partial charge in [0.05, 0.1) is 4.90 Å². The predicted molar refractivity (Wildman–Crippen MR) is 75.1 cm³/mol. The molecule has 0 aliphatic carbocycles. The Labute approximate surface area is 117 Å². The number of hydrogen-bond acceptors (Lipinski definition) is 3. The van der Waals surface area contributed by atoms with Crippen LogP contribution in [0.15, 0.2) is 27.6 Å². The minimum Gasteiger partial charge on any atom is -0.314 e. The summed E-state index contributed by atoms with van der Waals surface area (Å²) in [5, 5.41) is 3.20. The Kier molecular flexibility index (Phi) is 4.11. The second-order valence-electron chi connectivity index (χ2n) is 4.58. The SMILES string of the molecule is Cc1ccc(Br)cc1S(=O)(=O)N1CCNCC1C. The summed E-state index contributed by atoms with van der Waals surface area (Å²) in [6.45, 7) is 5.68. The van der Waals surface area contributed by atoms with Crippen LogP contribution in [0.5, 0.6) is 0 Å². The molecule has 1 aliphatic rings. The van der Waals surface area contributed by atoms with Crippen molar-refractivity contribution in [3.8, 4) is 0 Å². The highest BCUT2D eigenvalue weighted by Crippen LogP contribution is 2.25. The van der Waals surface area contributed by atoms with Gasteiger partial charge in [0.15, 0.2) is 0 Å². The monoisotopic (exact) mass is 332 g/mol. The first kappa shape index (κ1) is 14.0. The van der Waals surface area contributed by atoms with Crippen LogP contribution in [0.25, 0.3) is 0 Å². The molecule has 1 fully saturated rings. The van der Waals surface area contributed by atoms with Gasteiger partial charge in [0, 0.05) is 30.1 Å². The lowest BCUT2D eigenvalue weighted by molar-refractivity contribution is 0.283. The van der Waals surface area contributed by atoms with Crippen molar-refractivity contribution >= 4 is 26.0 Å². The van der Waals surface area contributed by atoms with E-state index in [-0.39, 0.29) is 6.04 Å². The number of benzene rings is 1. The van der Waals surface area contributed by atoms with E-state index in [1.165, 1.54) is 0 Å². The third-order valence-corrected chi connectivity index (χ3v) is 5.83. The second kappa shape index (κ2) is 5.28. The smallest absolute Gasteiger partial charge is 0.243 e. The zero-order valence-corrected chi connectivity index (χ0v) is 12.9. The Hall–Kier alpha value is -0.430. The average molecular weight is 333 g/mol. The topological polar surface area (TPSA) is 49.4 Å². The van der Waals surface area contributed by atoms with Crippen molar-refractivity contribution < 1.29 is 8.42 Å². The van der Waals surface area contributed by atoms with Crippen molar-refractivity contribution in [2.24, 2.45) is 0 Å². The lowest BCUT2D eigenvalue weighted by Crippen LogP contribution is -2.52. The van der Waals surface area contributed by atoms with Gasteiger partial charge in [-0.2, -0.15) is 4.31 Å². The van der Waals surface area contributed by atoms with Crippen LogP contribution in [0, 0.1) is 6.92 Å². The van der Waals surface area contributed by atoms with Crippen molar-refractivity contribution in [3.63, 3.8) is 0 Å². The standard InChI is InChI=1S/C12H17BrN2O2S/c1-9-3-4-11(13)7-12(9)18(16,17)15-6-5-14-8-10(15)2/h3-4,7,10,14H,5-6,8H2,1-2H3. The highest BCUT2D eigenvalue weighted by atomic mass is 79.9. The molecule has 1 aromatic rings. The zero-order chi connectivity index (χ0) is 13.3. The largest absolute Gasteiger partial charge is 0.314 e. The third kappa shape index (κ3) is 2.61. The van der Waals surface area contributed by atoms with Crippen molar-refractivity contribution in [2.45, 2.75) is 24.8 Å². The molecule has 1 aromatic carbocycles. The van der Waals surface area contributed by atoms with Gasteiger partial charge in [-0.1, -0.05) is 22.0 Å². The molecule has 18 heavy (non-hydrogen) atoms. The van der Waals surface area contributed by atoms with Crippen molar-refractivity contribution in [2.75, 3.05) is 19.6 Å². The van der Waals surface area contributed by atoms with E-state index < -0.39 is 10.0 Å². The fourth-order valence-electron chi connectivity index (χ4n) is 2.16. The molecule has 0 amide bonds. The summed E-state index contributed by atoms with van der Waals surface area (Å²) in [6, 6.07) is 5.35. The number of hydrogen-bond donors (Lipinski definition) is 1. The molecule has 2 rings (SSSR count). The first-order valence-electron chi connectivity index (χ1n) is 5.91. The van der Waals surface area contributed by atoms with Crippen LogP contribution in [-0.4, -0.2) is 38.4 Å². The van der Waals surface area contributed by atoms with Gasteiger partial charge in [0.1, 0.15) is 0 Å². The summed E-state index contributed by atoms with van der Waals surface area (Å²) < 4.78 is 27.7. The van der Waals surface area contributed by atoms with E-state index in [1.807, 2.05) is 26.0 Å². The summed E-state index contributed by atoms with van der Waals surface area (Å²) >= 11 is 3.33. The Bertz CT molecular complexity index is 545. The number of sulfonamides is 1. The van der Waals surface area contributed by atoms with Crippen LogP contribution >= 0.6 is 15.9 Å². The zero-order valence-electron chi connectivity index (χ0n) is 10.5. The van der Waals surface area contributed by atoms with E-state index in [0.29, 0.717) is 24.5 Å². The molecule has 4 nitrogen and oxygen atoms in total. The molecule has 1 atom stereocenters. The van der Waals surface area contributed by atoms with Crippen LogP contribution < -0.4 is 5.32 Å². The van der Waals surface area contributed by atoms with E-state index in [9.17, 15) is 8.42 Å². The molecular formula is C12H17BrN2O2S. The van der Waals surface area contributed by atoms with Crippen LogP contribution in [-0.2, 0) is 10.0 Å². The van der Waals surface area contributed by atoms with Crippen molar-refractivity contribution in [3.05, 3.63) is 28.2 Å². The lowest BCUT2D eigenvalue weighted by atomic mass is 10.2. The number of aryl methyl sites for hydroxylation is 1. The van der Waals surface area contributed by atoms with Crippen LogP contribution in [0.4, 0.5) is 0 Å². The number of nitrogens with one attached hydrogen (secondary N) is 1. The molecule has 1 aliphatic heterocycles. The molecule has 6 heteroatoms. The predicted octanol–water partition coefficient (Wildman–Crippen LogP) is 1.74. The van der Waals surface area contributed by atoms with E-state index in [2.05, 4.69) is 21.2 Å². The van der Waals surface area contributed by atoms with E-state index in [4.69, 9.17) is 0 Å². The normalized spacial score (nSPS) is 22.1. The van der Waals surface area contributed by atoms with Gasteiger partial charge in [-0.05, 0) is 31.5 Å². The quantitative estimate of drug-likeness (QED) is 0.897. The molecule has 0 aromatic heterocycles. The summed E-state index contributed by atoms with van der Waals surface area (Å²) in [5.74, 6) is 0. The number of rotatable bonds is 2. The molecule has 100 valence electrons. The van der Waals surface area contributed by atoms with Gasteiger partial charge < -0.3 is 5.32 Å². The fraction of sp³-hybridized carbons (Fsp3) is 0.500. The third-order valence-electron chi connectivity index (χ3n) is 3.18. The van der Waals surface area contributed by atoms with Crippen LogP contribution in [0.3, 0.4) is 0 Å². The maximum Gasteiger partial charge on any atom is 0.243 e. The molecule has 0 radical (unpaired) electrons. The molecule has 0 spiro atoms. The Morgan fingerprint density at radius 3 is 2.83 bits per heavy atom. The summed E-state index contributed by atoms with van der Waals surface area (Å²) in [4.78, 5) is 0.394. The summed E-state index contributed by atoms with van der Waals surface area (Å²) in [6.07, 6.45) is 0. The first-order valence-corrected chi connectivity index (χ1v) is 8.15. The maximum absolute atomic E-state index is 12.6. The summed E-state index contributed by atoms with van der Waals surface area (Å²) in [5.41, 5.74) is 0.781. The first-order chi connectivity index (χ1) is 8.43. The van der Waals surface area contributed by atoms with Gasteiger partial charge in [-0.3, -0.25) is 0 Å². The van der Waals surface area contributed by atoms with Gasteiger partial charge in [0.25, 0.3) is 0 Å². The van der Waals surface area contributed by atoms with Gasteiger partial charge in [-0.15, -0.1) is 0 Å². The van der Waals surface area contributed by atoms with E-state index in [1.54, 1.807) is 10.4 Å². The number of halogens is 1. The van der Waals surface area contributed by atoms with Gasteiger partial charge >= 0.3 is 0 Å². The van der Waals surface area contributed by atoms with Gasteiger partial charge in [-0.25, -0.2) is 8.42 Å². The van der Waals surface area contributed by atoms with E-state index in [0.717, 1.165) is 10.0 Å². The van der Waals surface area contributed by atoms with Gasteiger partial charge in [0.2, 0.25) is 10.0 Å². The molecule has 1 heterocycles. The van der Waals surface area contributed by atoms with E-state index >= 15 is 0 Å². The molecule has 1 saturated heterocycles. The Morgan fingerprint density at radius 2 is 2.17 bits per heavy atom. The minimum absolute atomic E-state index is 0.0119. The van der Waals surface area contributed by atoms with Crippen molar-refractivity contribution in [1.82, 2.24) is 9.62 Å². The number of piperazine rings is 1. The molecule has 0 bridgehead atoms. The molecular weight excluding hydrogens is 316 g/mol. The van der Waals surface area contributed by atoms with Crippen molar-refractivity contribution in [1.29, 1.82) is 0 Å². The highest BCUT2D eigenvalue weighted by molar-refractivity contribution is 9.10. The average Bonchev–Trinajstić information content (AvgIpc) is 2.32. The molecule has 1 unspecified atom stereocenters. The number of nitrogens with zero attached hydrogens (tertiary/aromatic N) is 1. The Balaban J connectivity index is 2.44. The second-order valence-corrected chi connectivity index (χ2v) is 7.35. The summed E-state index contributed by atoms with van der Waals surface area (Å²) in [7, 11) is -3.40. The van der Waals surface area contributed by atoms with Crippen LogP contribution in [0.1, 0.15) is 12.5 Å². The minimum atomic E-state index is -3.40. The van der Waals surface area contributed by atoms with Crippen LogP contribution in [0.2, 0.25) is 0 Å².